The summed E-state index contributed by atoms with van der Waals surface area (Å²) in [5, 5.41) is 0. The molecule has 0 saturated heterocycles. The summed E-state index contributed by atoms with van der Waals surface area (Å²) in [6.07, 6.45) is 19.9. The first kappa shape index (κ1) is 22.4. The van der Waals surface area contributed by atoms with Crippen molar-refractivity contribution >= 4 is 9.24 Å². The van der Waals surface area contributed by atoms with E-state index in [1.807, 2.05) is 0 Å². The Bertz CT molecular complexity index is 214. The van der Waals surface area contributed by atoms with Crippen LogP contribution in [0.25, 0.3) is 0 Å². The largest absolute Gasteiger partial charge is 0.134 e. The van der Waals surface area contributed by atoms with Crippen molar-refractivity contribution in [2.24, 2.45) is 11.8 Å². The monoisotopic (exact) mass is 328 g/mol. The highest BCUT2D eigenvalue weighted by Gasteiger charge is 2.24. The Hall–Kier alpha value is 0.430. The van der Waals surface area contributed by atoms with E-state index in [1.54, 1.807) is 0 Å². The van der Waals surface area contributed by atoms with E-state index in [-0.39, 0.29) is 0 Å². The van der Waals surface area contributed by atoms with E-state index in [0.29, 0.717) is 0 Å². The second kappa shape index (κ2) is 16.3. The molecule has 0 radical (unpaired) electrons. The third-order valence-electron chi connectivity index (χ3n) is 5.37. The Balaban J connectivity index is 4.27. The Morgan fingerprint density at radius 3 is 1.68 bits per heavy atom. The maximum atomic E-state index is 3.24. The van der Waals surface area contributed by atoms with E-state index in [4.69, 9.17) is 0 Å². The molecular formula is C21H45P. The van der Waals surface area contributed by atoms with Crippen molar-refractivity contribution in [1.82, 2.24) is 0 Å². The molecule has 0 saturated carbocycles. The van der Waals surface area contributed by atoms with Gasteiger partial charge in [-0.15, -0.1) is 9.24 Å². The standard InChI is InChI=1S/C21H45P/c1-5-9-11-13-15-18-21(22)20(17-14-12-10-6-2)19(8-4)16-7-3/h19-21H,5-18,22H2,1-4H3. The van der Waals surface area contributed by atoms with E-state index in [1.165, 1.54) is 89.9 Å². The first-order valence-corrected chi connectivity index (χ1v) is 11.1. The first-order chi connectivity index (χ1) is 10.7. The first-order valence-electron chi connectivity index (χ1n) is 10.5. The molecule has 0 aromatic heterocycles. The topological polar surface area (TPSA) is 0 Å². The molecule has 0 heterocycles. The minimum Gasteiger partial charge on any atom is -0.134 e. The SMILES string of the molecule is CCCCCCCC(P)C(CCCCCC)C(CC)CCC. The van der Waals surface area contributed by atoms with Crippen LogP contribution >= 0.6 is 9.24 Å². The number of hydrogen-bond donors (Lipinski definition) is 0. The van der Waals surface area contributed by atoms with Crippen molar-refractivity contribution < 1.29 is 0 Å². The van der Waals surface area contributed by atoms with Crippen LogP contribution in [-0.4, -0.2) is 5.66 Å². The van der Waals surface area contributed by atoms with E-state index in [9.17, 15) is 0 Å². The molecule has 0 aromatic carbocycles. The van der Waals surface area contributed by atoms with Gasteiger partial charge in [0.1, 0.15) is 0 Å². The quantitative estimate of drug-likeness (QED) is 0.199. The highest BCUT2D eigenvalue weighted by molar-refractivity contribution is 7.17. The van der Waals surface area contributed by atoms with Gasteiger partial charge in [-0.1, -0.05) is 105 Å². The molecule has 0 amide bonds. The van der Waals surface area contributed by atoms with Gasteiger partial charge in [-0.25, -0.2) is 0 Å². The molecule has 4 atom stereocenters. The predicted molar refractivity (Wildman–Crippen MR) is 108 cm³/mol. The molecule has 1 heteroatoms. The summed E-state index contributed by atoms with van der Waals surface area (Å²) in [5.41, 5.74) is 0.861. The van der Waals surface area contributed by atoms with Crippen LogP contribution in [-0.2, 0) is 0 Å². The maximum absolute atomic E-state index is 3.24. The second-order valence-electron chi connectivity index (χ2n) is 7.34. The lowest BCUT2D eigenvalue weighted by atomic mass is 9.79. The minimum absolute atomic E-state index is 0.861. The molecule has 0 spiro atoms. The van der Waals surface area contributed by atoms with Gasteiger partial charge in [-0.05, 0) is 30.3 Å². The van der Waals surface area contributed by atoms with Crippen molar-refractivity contribution in [3.8, 4) is 0 Å². The zero-order chi connectivity index (χ0) is 16.6. The maximum Gasteiger partial charge on any atom is -0.0233 e. The third kappa shape index (κ3) is 11.0. The summed E-state index contributed by atoms with van der Waals surface area (Å²) < 4.78 is 0. The molecule has 0 aliphatic heterocycles. The average Bonchev–Trinajstić information content (AvgIpc) is 2.53. The molecule has 0 aromatic rings. The predicted octanol–water partition coefficient (Wildman–Crippen LogP) is 8.00. The Morgan fingerprint density at radius 2 is 1.14 bits per heavy atom. The summed E-state index contributed by atoms with van der Waals surface area (Å²) in [6.45, 7) is 9.40. The summed E-state index contributed by atoms with van der Waals surface area (Å²) in [6, 6.07) is 0. The molecule has 0 aliphatic carbocycles. The molecule has 0 fully saturated rings. The molecule has 0 bridgehead atoms. The summed E-state index contributed by atoms with van der Waals surface area (Å²) in [5.74, 6) is 1.92. The van der Waals surface area contributed by atoms with Crippen molar-refractivity contribution in [3.05, 3.63) is 0 Å². The molecule has 22 heavy (non-hydrogen) atoms. The van der Waals surface area contributed by atoms with Gasteiger partial charge in [0.05, 0.1) is 0 Å². The van der Waals surface area contributed by atoms with Crippen molar-refractivity contribution in [2.45, 2.75) is 123 Å². The zero-order valence-corrected chi connectivity index (χ0v) is 17.4. The number of rotatable bonds is 16. The lowest BCUT2D eigenvalue weighted by molar-refractivity contribution is 0.261. The molecule has 0 aliphatic rings. The van der Waals surface area contributed by atoms with Crippen LogP contribution in [0.2, 0.25) is 0 Å². The normalized spacial score (nSPS) is 15.7. The van der Waals surface area contributed by atoms with Gasteiger partial charge in [0.2, 0.25) is 0 Å². The van der Waals surface area contributed by atoms with E-state index < -0.39 is 0 Å². The third-order valence-corrected chi connectivity index (χ3v) is 6.20. The highest BCUT2D eigenvalue weighted by Crippen LogP contribution is 2.35. The minimum atomic E-state index is 0.861. The fraction of sp³-hybridized carbons (Fsp3) is 1.00. The van der Waals surface area contributed by atoms with Crippen LogP contribution in [0.1, 0.15) is 118 Å². The number of hydrogen-bond acceptors (Lipinski definition) is 0. The summed E-state index contributed by atoms with van der Waals surface area (Å²) in [4.78, 5) is 0. The fourth-order valence-corrected chi connectivity index (χ4v) is 4.64. The molecule has 0 nitrogen and oxygen atoms in total. The van der Waals surface area contributed by atoms with Gasteiger partial charge in [-0.2, -0.15) is 0 Å². The van der Waals surface area contributed by atoms with Gasteiger partial charge in [0, 0.05) is 0 Å². The Morgan fingerprint density at radius 1 is 0.591 bits per heavy atom. The molecule has 0 N–H and O–H groups in total. The van der Waals surface area contributed by atoms with Crippen molar-refractivity contribution in [2.75, 3.05) is 0 Å². The van der Waals surface area contributed by atoms with Gasteiger partial charge in [-0.3, -0.25) is 0 Å². The van der Waals surface area contributed by atoms with Gasteiger partial charge >= 0.3 is 0 Å². The zero-order valence-electron chi connectivity index (χ0n) is 16.2. The van der Waals surface area contributed by atoms with E-state index in [0.717, 1.165) is 17.5 Å². The van der Waals surface area contributed by atoms with E-state index in [2.05, 4.69) is 36.9 Å². The average molecular weight is 329 g/mol. The van der Waals surface area contributed by atoms with Crippen LogP contribution in [0.15, 0.2) is 0 Å². The fourth-order valence-electron chi connectivity index (χ4n) is 3.90. The lowest BCUT2D eigenvalue weighted by Gasteiger charge is -2.31. The van der Waals surface area contributed by atoms with Crippen LogP contribution in [0.3, 0.4) is 0 Å². The Labute approximate surface area is 144 Å². The second-order valence-corrected chi connectivity index (χ2v) is 8.19. The van der Waals surface area contributed by atoms with Gasteiger partial charge in [0.15, 0.2) is 0 Å². The summed E-state index contributed by atoms with van der Waals surface area (Å²) >= 11 is 0. The molecule has 0 rings (SSSR count). The van der Waals surface area contributed by atoms with Crippen LogP contribution in [0.4, 0.5) is 0 Å². The lowest BCUT2D eigenvalue weighted by Crippen LogP contribution is -2.24. The van der Waals surface area contributed by atoms with Gasteiger partial charge < -0.3 is 0 Å². The molecular weight excluding hydrogens is 283 g/mol. The molecule has 134 valence electrons. The highest BCUT2D eigenvalue weighted by atomic mass is 31.0. The van der Waals surface area contributed by atoms with Crippen molar-refractivity contribution in [1.29, 1.82) is 0 Å². The number of unbranched alkanes of at least 4 members (excludes halogenated alkanes) is 7. The van der Waals surface area contributed by atoms with Crippen molar-refractivity contribution in [3.63, 3.8) is 0 Å². The summed E-state index contributed by atoms with van der Waals surface area (Å²) in [7, 11) is 3.24. The van der Waals surface area contributed by atoms with Gasteiger partial charge in [0.25, 0.3) is 0 Å². The van der Waals surface area contributed by atoms with E-state index >= 15 is 0 Å². The Kier molecular flexibility index (Phi) is 16.6. The van der Waals surface area contributed by atoms with Crippen LogP contribution in [0, 0.1) is 11.8 Å². The van der Waals surface area contributed by atoms with Crippen LogP contribution in [0.5, 0.6) is 0 Å². The molecule has 4 unspecified atom stereocenters. The smallest absolute Gasteiger partial charge is 0.0233 e. The van der Waals surface area contributed by atoms with Crippen LogP contribution < -0.4 is 0 Å².